The third-order valence-corrected chi connectivity index (χ3v) is 6.07. The van der Waals surface area contributed by atoms with E-state index in [1.165, 1.54) is 17.0 Å². The third kappa shape index (κ3) is 4.93. The van der Waals surface area contributed by atoms with Crippen molar-refractivity contribution in [2.45, 2.75) is 51.8 Å². The summed E-state index contributed by atoms with van der Waals surface area (Å²) in [4.78, 5) is 3.87. The molecule has 158 valence electrons. The molecule has 0 aliphatic carbocycles. The van der Waals surface area contributed by atoms with Crippen molar-refractivity contribution in [2.75, 3.05) is 37.7 Å². The zero-order valence-corrected chi connectivity index (χ0v) is 17.4. The molecule has 2 saturated heterocycles. The van der Waals surface area contributed by atoms with Gasteiger partial charge < -0.3 is 14.5 Å². The number of nitrogens with zero attached hydrogens (tertiary/aromatic N) is 5. The number of hydrogen-bond donors (Lipinski definition) is 1. The van der Waals surface area contributed by atoms with Crippen molar-refractivity contribution in [2.24, 2.45) is 5.92 Å². The van der Waals surface area contributed by atoms with E-state index in [-0.39, 0.29) is 18.0 Å². The average molecular weight is 404 g/mol. The van der Waals surface area contributed by atoms with Crippen molar-refractivity contribution in [3.05, 3.63) is 35.9 Å². The van der Waals surface area contributed by atoms with Gasteiger partial charge in [-0.1, -0.05) is 13.8 Å². The lowest BCUT2D eigenvalue weighted by atomic mass is 10.0. The summed E-state index contributed by atoms with van der Waals surface area (Å²) in [5, 5.41) is 12.7. The predicted octanol–water partition coefficient (Wildman–Crippen LogP) is 1.48. The molecule has 4 rings (SSSR count). The van der Waals surface area contributed by atoms with Gasteiger partial charge in [0.2, 0.25) is 5.82 Å². The maximum absolute atomic E-state index is 13.2. The predicted molar refractivity (Wildman–Crippen MR) is 108 cm³/mol. The normalized spacial score (nSPS) is 21.8. The van der Waals surface area contributed by atoms with Crippen molar-refractivity contribution in [1.29, 1.82) is 0 Å². The number of nitrogens with one attached hydrogen (secondary N) is 1. The van der Waals surface area contributed by atoms with Gasteiger partial charge in [-0.3, -0.25) is 0 Å². The van der Waals surface area contributed by atoms with Crippen molar-refractivity contribution in [1.82, 2.24) is 20.2 Å². The smallest absolute Gasteiger partial charge is 0.209 e. The van der Waals surface area contributed by atoms with Gasteiger partial charge in [0.1, 0.15) is 11.9 Å². The standard InChI is InChI=1S/C21H31FN6O/c1-16(2)14-20(21-23-24-25-28(21)15-19-4-3-13-29-19)27-11-9-26(10-12-27)18-7-5-17(22)6-8-18/h5-8,16,19-20H,3-4,9-15H2,1-2H3/p+1/t19-,20-/m0/s1. The van der Waals surface area contributed by atoms with Crippen LogP contribution < -0.4 is 9.80 Å². The minimum Gasteiger partial charge on any atom is -0.376 e. The Bertz CT molecular complexity index is 766. The maximum Gasteiger partial charge on any atom is 0.209 e. The summed E-state index contributed by atoms with van der Waals surface area (Å²) >= 11 is 0. The number of aromatic nitrogens is 4. The number of hydrogen-bond acceptors (Lipinski definition) is 5. The van der Waals surface area contributed by atoms with Crippen molar-refractivity contribution >= 4 is 5.69 Å². The summed E-state index contributed by atoms with van der Waals surface area (Å²) in [7, 11) is 0. The first-order valence-corrected chi connectivity index (χ1v) is 10.8. The Morgan fingerprint density at radius 3 is 2.62 bits per heavy atom. The van der Waals surface area contributed by atoms with E-state index >= 15 is 0 Å². The van der Waals surface area contributed by atoms with Crippen LogP contribution in [0.25, 0.3) is 0 Å². The summed E-state index contributed by atoms with van der Waals surface area (Å²) in [6, 6.07) is 7.09. The summed E-state index contributed by atoms with van der Waals surface area (Å²) in [6.07, 6.45) is 3.48. The number of quaternary nitrogens is 1. The number of benzene rings is 1. The molecule has 7 nitrogen and oxygen atoms in total. The molecule has 1 N–H and O–H groups in total. The number of halogens is 1. The highest BCUT2D eigenvalue weighted by molar-refractivity contribution is 5.46. The second-order valence-corrected chi connectivity index (χ2v) is 8.66. The monoisotopic (exact) mass is 403 g/mol. The molecule has 2 aliphatic heterocycles. The highest BCUT2D eigenvalue weighted by Crippen LogP contribution is 2.20. The Morgan fingerprint density at radius 1 is 1.21 bits per heavy atom. The fourth-order valence-corrected chi connectivity index (χ4v) is 4.55. The molecule has 3 heterocycles. The van der Waals surface area contributed by atoms with Crippen molar-refractivity contribution in [3.8, 4) is 0 Å². The topological polar surface area (TPSA) is 60.5 Å². The second kappa shape index (κ2) is 9.17. The number of rotatable bonds is 7. The molecule has 0 radical (unpaired) electrons. The van der Waals surface area contributed by atoms with Crippen molar-refractivity contribution in [3.63, 3.8) is 0 Å². The molecule has 2 atom stereocenters. The van der Waals surface area contributed by atoms with Gasteiger partial charge in [-0.05, 0) is 53.5 Å². The summed E-state index contributed by atoms with van der Waals surface area (Å²) in [5.41, 5.74) is 1.09. The molecule has 2 aromatic rings. The van der Waals surface area contributed by atoms with Crippen LogP contribution in [-0.4, -0.2) is 59.1 Å². The van der Waals surface area contributed by atoms with Crippen LogP contribution in [0.4, 0.5) is 10.1 Å². The van der Waals surface area contributed by atoms with E-state index in [1.54, 1.807) is 0 Å². The highest BCUT2D eigenvalue weighted by Gasteiger charge is 2.34. The quantitative estimate of drug-likeness (QED) is 0.759. The fourth-order valence-electron chi connectivity index (χ4n) is 4.55. The average Bonchev–Trinajstić information content (AvgIpc) is 3.39. The first-order valence-electron chi connectivity index (χ1n) is 10.8. The Hall–Kier alpha value is -2.06. The maximum atomic E-state index is 13.2. The molecule has 2 aliphatic rings. The Labute approximate surface area is 171 Å². The van der Waals surface area contributed by atoms with E-state index in [4.69, 9.17) is 4.74 Å². The fraction of sp³-hybridized carbons (Fsp3) is 0.667. The molecule has 1 aromatic heterocycles. The SMILES string of the molecule is CC(C)C[C@@H](c1nnnn1C[C@@H]1CCCO1)[NH+]1CCN(c2ccc(F)cc2)CC1. The number of tetrazole rings is 1. The number of ether oxygens (including phenoxy) is 1. The number of anilines is 1. The molecule has 0 unspecified atom stereocenters. The molecule has 0 amide bonds. The first-order chi connectivity index (χ1) is 14.1. The molecular weight excluding hydrogens is 371 g/mol. The van der Waals surface area contributed by atoms with E-state index in [1.807, 2.05) is 16.8 Å². The van der Waals surface area contributed by atoms with Gasteiger partial charge in [-0.25, -0.2) is 9.07 Å². The lowest BCUT2D eigenvalue weighted by Crippen LogP contribution is -3.15. The largest absolute Gasteiger partial charge is 0.376 e. The Kier molecular flexibility index (Phi) is 6.40. The number of piperazine rings is 1. The van der Waals surface area contributed by atoms with Gasteiger partial charge in [0.05, 0.1) is 38.8 Å². The van der Waals surface area contributed by atoms with Crippen LogP contribution in [0.2, 0.25) is 0 Å². The van der Waals surface area contributed by atoms with E-state index < -0.39 is 0 Å². The summed E-state index contributed by atoms with van der Waals surface area (Å²) in [5.74, 6) is 1.36. The Morgan fingerprint density at radius 2 is 1.97 bits per heavy atom. The minimum atomic E-state index is -0.187. The van der Waals surface area contributed by atoms with Crippen LogP contribution in [0.15, 0.2) is 24.3 Å². The molecule has 2 fully saturated rings. The van der Waals surface area contributed by atoms with Crippen LogP contribution in [0.5, 0.6) is 0 Å². The molecular formula is C21H32FN6O+. The van der Waals surface area contributed by atoms with Crippen LogP contribution in [-0.2, 0) is 11.3 Å². The van der Waals surface area contributed by atoms with Gasteiger partial charge >= 0.3 is 0 Å². The van der Waals surface area contributed by atoms with Crippen LogP contribution in [0.3, 0.4) is 0 Å². The highest BCUT2D eigenvalue weighted by atomic mass is 19.1. The zero-order chi connectivity index (χ0) is 20.2. The van der Waals surface area contributed by atoms with E-state index in [2.05, 4.69) is 34.3 Å². The lowest BCUT2D eigenvalue weighted by Gasteiger charge is -2.37. The second-order valence-electron chi connectivity index (χ2n) is 8.66. The van der Waals surface area contributed by atoms with Crippen LogP contribution in [0.1, 0.15) is 45.0 Å². The molecule has 0 bridgehead atoms. The van der Waals surface area contributed by atoms with Gasteiger partial charge in [0.25, 0.3) is 0 Å². The molecule has 8 heteroatoms. The summed E-state index contributed by atoms with van der Waals surface area (Å²) < 4.78 is 21.0. The summed E-state index contributed by atoms with van der Waals surface area (Å²) in [6.45, 7) is 10.0. The van der Waals surface area contributed by atoms with Crippen LogP contribution >= 0.6 is 0 Å². The zero-order valence-electron chi connectivity index (χ0n) is 17.4. The third-order valence-electron chi connectivity index (χ3n) is 6.07. The van der Waals surface area contributed by atoms with Gasteiger partial charge in [-0.2, -0.15) is 0 Å². The van der Waals surface area contributed by atoms with Gasteiger partial charge in [-0.15, -0.1) is 5.10 Å². The van der Waals surface area contributed by atoms with E-state index in [0.29, 0.717) is 5.92 Å². The minimum absolute atomic E-state index is 0.187. The van der Waals surface area contributed by atoms with Crippen LogP contribution in [0, 0.1) is 11.7 Å². The van der Waals surface area contributed by atoms with Gasteiger partial charge in [0.15, 0.2) is 0 Å². The van der Waals surface area contributed by atoms with Crippen molar-refractivity contribution < 1.29 is 14.0 Å². The first kappa shape index (κ1) is 20.2. The van der Waals surface area contributed by atoms with E-state index in [0.717, 1.165) is 70.1 Å². The van der Waals surface area contributed by atoms with Gasteiger partial charge in [0, 0.05) is 18.7 Å². The lowest BCUT2D eigenvalue weighted by molar-refractivity contribution is -0.934. The molecule has 1 aromatic carbocycles. The molecule has 0 spiro atoms. The molecule has 0 saturated carbocycles. The Balaban J connectivity index is 1.45. The molecule has 29 heavy (non-hydrogen) atoms. The van der Waals surface area contributed by atoms with E-state index in [9.17, 15) is 4.39 Å².